The van der Waals surface area contributed by atoms with Crippen molar-refractivity contribution in [2.45, 2.75) is 32.4 Å². The predicted molar refractivity (Wildman–Crippen MR) is 105 cm³/mol. The lowest BCUT2D eigenvalue weighted by Gasteiger charge is -2.23. The molecule has 1 aromatic heterocycles. The molecule has 0 aliphatic rings. The summed E-state index contributed by atoms with van der Waals surface area (Å²) in [5, 5.41) is -1.66. The second-order valence-corrected chi connectivity index (χ2v) is 7.85. The normalized spacial score (nSPS) is 11.9. The van der Waals surface area contributed by atoms with E-state index < -0.39 is 50.4 Å². The zero-order valence-corrected chi connectivity index (χ0v) is 18.2. The summed E-state index contributed by atoms with van der Waals surface area (Å²) in [5.41, 5.74) is -3.81. The van der Waals surface area contributed by atoms with E-state index in [2.05, 4.69) is 10.8 Å². The van der Waals surface area contributed by atoms with E-state index in [-0.39, 0.29) is 16.3 Å². The van der Waals surface area contributed by atoms with Gasteiger partial charge in [-0.2, -0.15) is 13.2 Å². The Morgan fingerprint density at radius 1 is 1.20 bits per heavy atom. The van der Waals surface area contributed by atoms with Crippen LogP contribution < -0.4 is 4.89 Å². The van der Waals surface area contributed by atoms with Gasteiger partial charge in [-0.15, -0.1) is 6.42 Å². The molecule has 0 fully saturated rings. The molecule has 11 heteroatoms. The molecule has 1 heterocycles. The van der Waals surface area contributed by atoms with Crippen molar-refractivity contribution in [3.05, 3.63) is 38.3 Å². The second-order valence-electron chi connectivity index (χ2n) is 6.74. The van der Waals surface area contributed by atoms with E-state index in [1.807, 2.05) is 0 Å². The zero-order chi connectivity index (χ0) is 23.2. The number of terminal acetylenes is 1. The minimum atomic E-state index is -4.87. The van der Waals surface area contributed by atoms with Gasteiger partial charge in [0.05, 0.1) is 15.5 Å². The average molecular weight is 487 g/mol. The lowest BCUT2D eigenvalue weighted by molar-refractivity contribution is -0.210. The first-order valence-electron chi connectivity index (χ1n) is 8.11. The highest BCUT2D eigenvalue weighted by Gasteiger charge is 2.41. The van der Waals surface area contributed by atoms with E-state index >= 15 is 4.39 Å². The van der Waals surface area contributed by atoms with Crippen LogP contribution in [-0.4, -0.2) is 10.5 Å². The standard InChI is InChI=1S/C19H14Cl3F4NO3/c1-6-18(3,4)12-13(20)10(30-29-8(2)28)7-9(15(12)23)11-14(21)16(19(24,25)26)27(5)17(11)22/h1,7H,2-5H3. The summed E-state index contributed by atoms with van der Waals surface area (Å²) in [5.74, 6) is 0.0608. The number of halogens is 7. The first-order chi connectivity index (χ1) is 13.6. The van der Waals surface area contributed by atoms with Gasteiger partial charge < -0.3 is 4.57 Å². The van der Waals surface area contributed by atoms with Crippen molar-refractivity contribution in [2.75, 3.05) is 0 Å². The maximum Gasteiger partial charge on any atom is 0.432 e. The van der Waals surface area contributed by atoms with Gasteiger partial charge in [-0.25, -0.2) is 9.18 Å². The molecule has 0 bridgehead atoms. The van der Waals surface area contributed by atoms with Crippen LogP contribution in [0.5, 0.6) is 5.75 Å². The van der Waals surface area contributed by atoms with Crippen LogP contribution >= 0.6 is 34.8 Å². The maximum absolute atomic E-state index is 15.5. The molecule has 0 amide bonds. The third kappa shape index (κ3) is 4.20. The van der Waals surface area contributed by atoms with Gasteiger partial charge in [-0.1, -0.05) is 40.7 Å². The minimum absolute atomic E-state index is 0.282. The van der Waals surface area contributed by atoms with Gasteiger partial charge in [-0.05, 0) is 19.9 Å². The summed E-state index contributed by atoms with van der Waals surface area (Å²) in [6, 6.07) is 0.921. The second kappa shape index (κ2) is 8.22. The molecule has 1 aromatic carbocycles. The third-order valence-electron chi connectivity index (χ3n) is 4.20. The fraction of sp³-hybridized carbons (Fsp3) is 0.316. The minimum Gasteiger partial charge on any atom is -0.329 e. The van der Waals surface area contributed by atoms with Crippen LogP contribution in [0.4, 0.5) is 17.6 Å². The van der Waals surface area contributed by atoms with Crippen molar-refractivity contribution in [2.24, 2.45) is 7.05 Å². The molecule has 4 nitrogen and oxygen atoms in total. The molecule has 30 heavy (non-hydrogen) atoms. The van der Waals surface area contributed by atoms with Crippen LogP contribution in [0.1, 0.15) is 32.0 Å². The Kier molecular flexibility index (Phi) is 6.62. The fourth-order valence-electron chi connectivity index (χ4n) is 2.75. The smallest absolute Gasteiger partial charge is 0.329 e. The number of carbonyl (C=O) groups excluding carboxylic acids is 1. The summed E-state index contributed by atoms with van der Waals surface area (Å²) in [6.45, 7) is 3.93. The van der Waals surface area contributed by atoms with Crippen molar-refractivity contribution >= 4 is 40.8 Å². The number of rotatable bonds is 4. The number of nitrogens with zero attached hydrogens (tertiary/aromatic N) is 1. The van der Waals surface area contributed by atoms with Gasteiger partial charge in [0.2, 0.25) is 0 Å². The molecule has 0 atom stereocenters. The molecule has 0 aliphatic heterocycles. The Labute approximate surface area is 184 Å². The van der Waals surface area contributed by atoms with E-state index in [1.54, 1.807) is 0 Å². The summed E-state index contributed by atoms with van der Waals surface area (Å²) < 4.78 is 56.3. The molecule has 2 aromatic rings. The van der Waals surface area contributed by atoms with Crippen LogP contribution in [0, 0.1) is 18.2 Å². The highest BCUT2D eigenvalue weighted by Crippen LogP contribution is 2.49. The summed E-state index contributed by atoms with van der Waals surface area (Å²) in [6.07, 6.45) is 0.609. The average Bonchev–Trinajstić information content (AvgIpc) is 2.83. The summed E-state index contributed by atoms with van der Waals surface area (Å²) in [7, 11) is 1.02. The van der Waals surface area contributed by atoms with Gasteiger partial charge >= 0.3 is 12.1 Å². The van der Waals surface area contributed by atoms with Crippen LogP contribution in [0.25, 0.3) is 11.1 Å². The van der Waals surface area contributed by atoms with E-state index in [0.29, 0.717) is 4.57 Å². The molecule has 0 unspecified atom stereocenters. The molecule has 2 rings (SSSR count). The number of hydrogen-bond acceptors (Lipinski definition) is 3. The fourth-order valence-corrected chi connectivity index (χ4v) is 3.90. The predicted octanol–water partition coefficient (Wildman–Crippen LogP) is 6.58. The van der Waals surface area contributed by atoms with E-state index in [0.717, 1.165) is 20.0 Å². The Balaban J connectivity index is 2.95. The molecule has 0 N–H and O–H groups in total. The number of benzene rings is 1. The Bertz CT molecular complexity index is 1070. The Morgan fingerprint density at radius 2 is 1.77 bits per heavy atom. The van der Waals surface area contributed by atoms with Gasteiger partial charge in [0.15, 0.2) is 5.75 Å². The van der Waals surface area contributed by atoms with Crippen LogP contribution in [0.3, 0.4) is 0 Å². The Hall–Kier alpha value is -2.08. The van der Waals surface area contributed by atoms with Crippen molar-refractivity contribution in [1.29, 1.82) is 0 Å². The van der Waals surface area contributed by atoms with Crippen molar-refractivity contribution in [3.8, 4) is 29.2 Å². The highest BCUT2D eigenvalue weighted by atomic mass is 35.5. The summed E-state index contributed by atoms with van der Waals surface area (Å²) in [4.78, 5) is 20.4. The Morgan fingerprint density at radius 3 is 2.20 bits per heavy atom. The highest BCUT2D eigenvalue weighted by molar-refractivity contribution is 6.40. The first-order valence-corrected chi connectivity index (χ1v) is 9.25. The molecular weight excluding hydrogens is 473 g/mol. The monoisotopic (exact) mass is 485 g/mol. The quantitative estimate of drug-likeness (QED) is 0.212. The number of alkyl halides is 3. The maximum atomic E-state index is 15.5. The van der Waals surface area contributed by atoms with Gasteiger partial charge in [0.1, 0.15) is 16.7 Å². The van der Waals surface area contributed by atoms with Gasteiger partial charge in [0.25, 0.3) is 0 Å². The van der Waals surface area contributed by atoms with Crippen molar-refractivity contribution in [3.63, 3.8) is 0 Å². The molecule has 0 spiro atoms. The van der Waals surface area contributed by atoms with Crippen LogP contribution in [-0.2, 0) is 28.3 Å². The van der Waals surface area contributed by atoms with Gasteiger partial charge in [0, 0.05) is 30.7 Å². The molecule has 0 radical (unpaired) electrons. The van der Waals surface area contributed by atoms with Crippen molar-refractivity contribution < 1.29 is 32.1 Å². The SMILES string of the molecule is C#CC(C)(C)c1c(F)c(-c2c(Cl)c(C(F)(F)F)n(C)c2Cl)cc(OOC(C)=O)c1Cl. The van der Waals surface area contributed by atoms with E-state index in [1.165, 1.54) is 13.8 Å². The lowest BCUT2D eigenvalue weighted by Crippen LogP contribution is -2.18. The van der Waals surface area contributed by atoms with Gasteiger partial charge in [-0.3, -0.25) is 9.78 Å². The number of hydrogen-bond donors (Lipinski definition) is 0. The molecule has 0 saturated carbocycles. The molecule has 162 valence electrons. The zero-order valence-electron chi connectivity index (χ0n) is 16.0. The van der Waals surface area contributed by atoms with E-state index in [9.17, 15) is 18.0 Å². The number of aromatic nitrogens is 1. The topological polar surface area (TPSA) is 40.5 Å². The molecule has 0 saturated heterocycles. The van der Waals surface area contributed by atoms with E-state index in [4.69, 9.17) is 46.1 Å². The van der Waals surface area contributed by atoms with Crippen LogP contribution in [0.15, 0.2) is 6.07 Å². The molecule has 0 aliphatic carbocycles. The lowest BCUT2D eigenvalue weighted by atomic mass is 9.83. The van der Waals surface area contributed by atoms with Crippen LogP contribution in [0.2, 0.25) is 15.2 Å². The first kappa shape index (κ1) is 24.2. The molecular formula is C19H14Cl3F4NO3. The number of carbonyl (C=O) groups is 1. The van der Waals surface area contributed by atoms with Crippen molar-refractivity contribution in [1.82, 2.24) is 4.57 Å². The third-order valence-corrected chi connectivity index (χ3v) is 5.39. The largest absolute Gasteiger partial charge is 0.432 e. The summed E-state index contributed by atoms with van der Waals surface area (Å²) >= 11 is 18.2.